The smallest absolute Gasteiger partial charge is 0.382 e. The maximum absolute atomic E-state index is 12.4. The van der Waals surface area contributed by atoms with Crippen molar-refractivity contribution in [2.75, 3.05) is 12.0 Å². The van der Waals surface area contributed by atoms with E-state index in [1.165, 1.54) is 53.5 Å². The van der Waals surface area contributed by atoms with Gasteiger partial charge in [-0.15, -0.1) is 11.3 Å². The van der Waals surface area contributed by atoms with Crippen LogP contribution in [-0.4, -0.2) is 22.8 Å². The maximum Gasteiger partial charge on any atom is 0.416 e. The van der Waals surface area contributed by atoms with Crippen molar-refractivity contribution in [3.8, 4) is 0 Å². The zero-order valence-corrected chi connectivity index (χ0v) is 23.9. The summed E-state index contributed by atoms with van der Waals surface area (Å²) in [6.45, 7) is 0. The Morgan fingerprint density at radius 1 is 0.825 bits per heavy atom. The molecule has 4 aromatic rings. The average molecular weight is 622 g/mol. The number of halogens is 5. The van der Waals surface area contributed by atoms with Crippen LogP contribution < -0.4 is 5.73 Å². The van der Waals surface area contributed by atoms with Gasteiger partial charge in [0.25, 0.3) is 0 Å². The van der Waals surface area contributed by atoms with Gasteiger partial charge < -0.3 is 5.73 Å². The number of hydrogen-bond donors (Lipinski definition) is 1. The molecule has 0 spiro atoms. The summed E-state index contributed by atoms with van der Waals surface area (Å²) < 4.78 is 38.0. The fraction of sp³-hybridized carbons (Fsp3) is 0.0690. The molecule has 2 N–H and O–H groups in total. The molecule has 4 nitrogen and oxygen atoms in total. The monoisotopic (exact) mass is 620 g/mol. The van der Waals surface area contributed by atoms with Crippen LogP contribution in [-0.2, 0) is 6.18 Å². The normalized spacial score (nSPS) is 11.4. The van der Waals surface area contributed by atoms with E-state index in [0.717, 1.165) is 22.0 Å². The molecule has 0 unspecified atom stereocenters. The lowest BCUT2D eigenvalue weighted by atomic mass is 10.1. The minimum absolute atomic E-state index is 0.134. The van der Waals surface area contributed by atoms with Crippen molar-refractivity contribution in [2.24, 2.45) is 0 Å². The van der Waals surface area contributed by atoms with Gasteiger partial charge in [0.1, 0.15) is 10.7 Å². The zero-order chi connectivity index (χ0) is 29.3. The number of hydrogen-bond acceptors (Lipinski definition) is 6. The number of benzene rings is 3. The molecular formula is C29H21Cl2F3N2O2S2. The third-order valence-corrected chi connectivity index (χ3v) is 7.70. The molecule has 4 rings (SSSR count). The van der Waals surface area contributed by atoms with E-state index in [1.54, 1.807) is 42.5 Å². The van der Waals surface area contributed by atoms with Gasteiger partial charge in [0, 0.05) is 15.6 Å². The molecule has 1 heterocycles. The van der Waals surface area contributed by atoms with Gasteiger partial charge in [-0.25, -0.2) is 4.98 Å². The predicted octanol–water partition coefficient (Wildman–Crippen LogP) is 9.25. The van der Waals surface area contributed by atoms with Crippen LogP contribution in [0.15, 0.2) is 89.3 Å². The first-order valence-electron chi connectivity index (χ1n) is 11.4. The summed E-state index contributed by atoms with van der Waals surface area (Å²) >= 11 is 14.3. The first kappa shape index (κ1) is 31.2. The van der Waals surface area contributed by atoms with Gasteiger partial charge in [-0.3, -0.25) is 9.59 Å². The van der Waals surface area contributed by atoms with E-state index in [9.17, 15) is 22.8 Å². The number of nitrogen functional groups attached to an aromatic ring is 1. The van der Waals surface area contributed by atoms with Gasteiger partial charge in [0.05, 0.1) is 5.56 Å². The van der Waals surface area contributed by atoms with Gasteiger partial charge in [0.2, 0.25) is 0 Å². The van der Waals surface area contributed by atoms with E-state index < -0.39 is 11.7 Å². The van der Waals surface area contributed by atoms with Crippen LogP contribution >= 0.6 is 46.3 Å². The number of aromatic nitrogens is 1. The van der Waals surface area contributed by atoms with E-state index >= 15 is 0 Å². The number of allylic oxidation sites excluding steroid dienone is 2. The summed E-state index contributed by atoms with van der Waals surface area (Å²) in [6.07, 6.45) is 3.55. The van der Waals surface area contributed by atoms with E-state index in [1.807, 2.05) is 18.4 Å². The quantitative estimate of drug-likeness (QED) is 0.127. The molecule has 0 amide bonds. The summed E-state index contributed by atoms with van der Waals surface area (Å²) in [6, 6.07) is 18.2. The predicted molar refractivity (Wildman–Crippen MR) is 159 cm³/mol. The number of nitrogens with two attached hydrogens (primary N) is 1. The first-order chi connectivity index (χ1) is 19.0. The Balaban J connectivity index is 0.000000222. The highest BCUT2D eigenvalue weighted by atomic mass is 35.5. The SMILES string of the molecule is CSc1nc(N)c(C(=O)C=Cc2ccc(Cl)cc2)s1.O=C(C=Cc1ccc(C(F)(F)F)cc1)c1ccc(Cl)cc1. The highest BCUT2D eigenvalue weighted by Gasteiger charge is 2.29. The van der Waals surface area contributed by atoms with E-state index in [0.29, 0.717) is 31.9 Å². The Kier molecular flexibility index (Phi) is 11.2. The molecule has 0 saturated carbocycles. The van der Waals surface area contributed by atoms with Crippen molar-refractivity contribution in [3.05, 3.63) is 122 Å². The Morgan fingerprint density at radius 2 is 1.30 bits per heavy atom. The fourth-order valence-corrected chi connectivity index (χ4v) is 4.72. The molecule has 0 aliphatic heterocycles. The Hall–Kier alpha value is -3.37. The van der Waals surface area contributed by atoms with Crippen LogP contribution in [0, 0.1) is 0 Å². The van der Waals surface area contributed by atoms with Crippen molar-refractivity contribution in [1.82, 2.24) is 4.98 Å². The highest BCUT2D eigenvalue weighted by molar-refractivity contribution is 8.00. The van der Waals surface area contributed by atoms with Gasteiger partial charge in [-0.2, -0.15) is 13.2 Å². The minimum atomic E-state index is -4.36. The lowest BCUT2D eigenvalue weighted by Crippen LogP contribution is -2.04. The van der Waals surface area contributed by atoms with Crippen LogP contribution in [0.4, 0.5) is 19.0 Å². The zero-order valence-electron chi connectivity index (χ0n) is 20.8. The van der Waals surface area contributed by atoms with E-state index in [2.05, 4.69) is 4.98 Å². The maximum atomic E-state index is 12.4. The van der Waals surface area contributed by atoms with Gasteiger partial charge in [-0.05, 0) is 78.1 Å². The molecule has 0 fully saturated rings. The number of thioether (sulfide) groups is 1. The first-order valence-corrected chi connectivity index (χ1v) is 14.2. The van der Waals surface area contributed by atoms with Crippen molar-refractivity contribution >= 4 is 75.8 Å². The molecule has 1 aromatic heterocycles. The molecule has 0 aliphatic rings. The second kappa shape index (κ2) is 14.3. The summed E-state index contributed by atoms with van der Waals surface area (Å²) in [4.78, 5) is 28.4. The topological polar surface area (TPSA) is 73.0 Å². The van der Waals surface area contributed by atoms with Crippen LogP contribution in [0.3, 0.4) is 0 Å². The van der Waals surface area contributed by atoms with Crippen molar-refractivity contribution in [3.63, 3.8) is 0 Å². The van der Waals surface area contributed by atoms with Crippen LogP contribution in [0.1, 0.15) is 36.7 Å². The molecule has 0 saturated heterocycles. The Labute approximate surface area is 247 Å². The standard InChI is InChI=1S/C16H10ClF3O.C13H11ClN2OS2/c17-14-8-4-12(5-9-14)15(21)10-3-11-1-6-13(7-2-11)16(18,19)20;1-18-13-16-12(15)11(19-13)10(17)7-4-8-2-5-9(14)6-3-8/h1-10H;2-7H,15H2,1H3. The van der Waals surface area contributed by atoms with Crippen LogP contribution in [0.2, 0.25) is 10.0 Å². The Bertz CT molecular complexity index is 1520. The largest absolute Gasteiger partial charge is 0.416 e. The third kappa shape index (κ3) is 9.38. The molecule has 206 valence electrons. The van der Waals surface area contributed by atoms with Crippen molar-refractivity contribution < 1.29 is 22.8 Å². The number of alkyl halides is 3. The number of thiazole rings is 1. The fourth-order valence-electron chi connectivity index (χ4n) is 3.06. The van der Waals surface area contributed by atoms with Crippen LogP contribution in [0.25, 0.3) is 12.2 Å². The molecule has 0 radical (unpaired) electrons. The second-order valence-electron chi connectivity index (χ2n) is 7.97. The Morgan fingerprint density at radius 3 is 1.77 bits per heavy atom. The molecule has 0 aliphatic carbocycles. The number of anilines is 1. The lowest BCUT2D eigenvalue weighted by Gasteiger charge is -2.05. The molecule has 0 atom stereocenters. The number of carbonyl (C=O) groups is 2. The van der Waals surface area contributed by atoms with E-state index in [4.69, 9.17) is 28.9 Å². The number of rotatable bonds is 7. The molecule has 40 heavy (non-hydrogen) atoms. The van der Waals surface area contributed by atoms with Crippen molar-refractivity contribution in [2.45, 2.75) is 10.5 Å². The average Bonchev–Trinajstić information content (AvgIpc) is 3.32. The van der Waals surface area contributed by atoms with Gasteiger partial charge in [0.15, 0.2) is 15.9 Å². The third-order valence-electron chi connectivity index (χ3n) is 5.12. The second-order valence-corrected chi connectivity index (χ2v) is 10.9. The highest BCUT2D eigenvalue weighted by Crippen LogP contribution is 2.29. The summed E-state index contributed by atoms with van der Waals surface area (Å²) in [5.74, 6) is -0.0862. The van der Waals surface area contributed by atoms with E-state index in [-0.39, 0.29) is 11.6 Å². The minimum Gasteiger partial charge on any atom is -0.382 e. The molecule has 0 bridgehead atoms. The number of ketones is 2. The summed E-state index contributed by atoms with van der Waals surface area (Å²) in [5.41, 5.74) is 6.89. The number of carbonyl (C=O) groups excluding carboxylic acids is 2. The summed E-state index contributed by atoms with van der Waals surface area (Å²) in [7, 11) is 0. The summed E-state index contributed by atoms with van der Waals surface area (Å²) in [5, 5.41) is 1.19. The van der Waals surface area contributed by atoms with Crippen LogP contribution in [0.5, 0.6) is 0 Å². The molecule has 11 heteroatoms. The lowest BCUT2D eigenvalue weighted by molar-refractivity contribution is -0.137. The number of nitrogens with zero attached hydrogens (tertiary/aromatic N) is 1. The van der Waals surface area contributed by atoms with Gasteiger partial charge in [-0.1, -0.05) is 71.4 Å². The van der Waals surface area contributed by atoms with Gasteiger partial charge >= 0.3 is 6.18 Å². The van der Waals surface area contributed by atoms with Crippen molar-refractivity contribution in [1.29, 1.82) is 0 Å². The molecular weight excluding hydrogens is 600 g/mol. The molecule has 3 aromatic carbocycles.